The van der Waals surface area contributed by atoms with Gasteiger partial charge in [0.05, 0.1) is 4.92 Å². The molecule has 3 N–H and O–H groups in total. The Morgan fingerprint density at radius 3 is 2.78 bits per heavy atom. The molecule has 0 aliphatic carbocycles. The molecule has 0 amide bonds. The molecular weight excluding hydrogens is 347 g/mol. The van der Waals surface area contributed by atoms with Gasteiger partial charge in [-0.3, -0.25) is 10.1 Å². The second-order valence-electron chi connectivity index (χ2n) is 3.50. The molecule has 0 saturated carbocycles. The lowest BCUT2D eigenvalue weighted by molar-refractivity contribution is -0.384. The van der Waals surface area contributed by atoms with Crippen LogP contribution in [0.4, 0.5) is 23.0 Å². The van der Waals surface area contributed by atoms with Crippen molar-refractivity contribution in [1.82, 2.24) is 4.98 Å². The van der Waals surface area contributed by atoms with Crippen LogP contribution >= 0.6 is 22.6 Å². The van der Waals surface area contributed by atoms with Gasteiger partial charge in [-0.2, -0.15) is 0 Å². The highest BCUT2D eigenvalue weighted by atomic mass is 127. The van der Waals surface area contributed by atoms with Crippen molar-refractivity contribution in [1.29, 1.82) is 0 Å². The fourth-order valence-electron chi connectivity index (χ4n) is 1.41. The predicted octanol–water partition coefficient (Wildman–Crippen LogP) is 2.92. The molecule has 0 atom stereocenters. The maximum Gasteiger partial charge on any atom is 0.311 e. The summed E-state index contributed by atoms with van der Waals surface area (Å²) in [5.41, 5.74) is 6.15. The average Bonchev–Trinajstić information content (AvgIpc) is 2.28. The molecule has 1 aromatic heterocycles. The van der Waals surface area contributed by atoms with Crippen molar-refractivity contribution in [3.63, 3.8) is 0 Å². The number of nitrogen functional groups attached to an aromatic ring is 1. The van der Waals surface area contributed by atoms with Crippen molar-refractivity contribution in [2.45, 2.75) is 0 Å². The predicted molar refractivity (Wildman–Crippen MR) is 77.7 cm³/mol. The maximum atomic E-state index is 10.9. The van der Waals surface area contributed by atoms with Crippen molar-refractivity contribution >= 4 is 45.6 Å². The van der Waals surface area contributed by atoms with Crippen LogP contribution < -0.4 is 11.1 Å². The lowest BCUT2D eigenvalue weighted by Crippen LogP contribution is -2.02. The van der Waals surface area contributed by atoms with Crippen LogP contribution in [0.25, 0.3) is 0 Å². The van der Waals surface area contributed by atoms with Crippen molar-refractivity contribution in [2.75, 3.05) is 11.1 Å². The van der Waals surface area contributed by atoms with Crippen LogP contribution in [0.1, 0.15) is 0 Å². The van der Waals surface area contributed by atoms with Crippen molar-refractivity contribution in [3.8, 4) is 0 Å². The Labute approximate surface area is 117 Å². The van der Waals surface area contributed by atoms with Gasteiger partial charge in [0.2, 0.25) is 5.82 Å². The molecule has 0 spiro atoms. The quantitative estimate of drug-likeness (QED) is 0.501. The molecule has 0 aliphatic heterocycles. The summed E-state index contributed by atoms with van der Waals surface area (Å²) in [6, 6.07) is 10.2. The van der Waals surface area contributed by atoms with Gasteiger partial charge < -0.3 is 11.1 Å². The summed E-state index contributed by atoms with van der Waals surface area (Å²) in [4.78, 5) is 14.3. The van der Waals surface area contributed by atoms with E-state index in [4.69, 9.17) is 5.73 Å². The second-order valence-corrected chi connectivity index (χ2v) is 4.74. The van der Waals surface area contributed by atoms with E-state index in [1.165, 1.54) is 12.1 Å². The fraction of sp³-hybridized carbons (Fsp3) is 0. The highest BCUT2D eigenvalue weighted by molar-refractivity contribution is 14.1. The van der Waals surface area contributed by atoms with E-state index in [1.807, 2.05) is 18.2 Å². The Hall–Kier alpha value is -1.90. The minimum Gasteiger partial charge on any atom is -0.384 e. The molecule has 0 bridgehead atoms. The molecular formula is C11H9IN4O2. The van der Waals surface area contributed by atoms with Crippen LogP contribution in [0.15, 0.2) is 36.4 Å². The molecule has 2 aromatic rings. The average molecular weight is 356 g/mol. The third-order valence-electron chi connectivity index (χ3n) is 2.18. The van der Waals surface area contributed by atoms with Gasteiger partial charge in [-0.1, -0.05) is 6.07 Å². The van der Waals surface area contributed by atoms with Crippen molar-refractivity contribution in [2.24, 2.45) is 0 Å². The van der Waals surface area contributed by atoms with E-state index in [2.05, 4.69) is 32.9 Å². The summed E-state index contributed by atoms with van der Waals surface area (Å²) in [6.07, 6.45) is 0. The topological polar surface area (TPSA) is 94.1 Å². The number of hydrogen-bond acceptors (Lipinski definition) is 5. The largest absolute Gasteiger partial charge is 0.384 e. The molecule has 2 rings (SSSR count). The summed E-state index contributed by atoms with van der Waals surface area (Å²) in [5.74, 6) is 0.371. The zero-order valence-corrected chi connectivity index (χ0v) is 11.3. The molecule has 7 heteroatoms. The lowest BCUT2D eigenvalue weighted by atomic mass is 10.3. The monoisotopic (exact) mass is 356 g/mol. The first kappa shape index (κ1) is 12.6. The van der Waals surface area contributed by atoms with Gasteiger partial charge in [0, 0.05) is 15.3 Å². The van der Waals surface area contributed by atoms with E-state index in [0.29, 0.717) is 0 Å². The van der Waals surface area contributed by atoms with E-state index in [9.17, 15) is 10.1 Å². The van der Waals surface area contributed by atoms with Crippen LogP contribution in [-0.4, -0.2) is 9.91 Å². The van der Waals surface area contributed by atoms with Crippen LogP contribution in [-0.2, 0) is 0 Å². The zero-order valence-electron chi connectivity index (χ0n) is 9.13. The van der Waals surface area contributed by atoms with Crippen LogP contribution in [0.3, 0.4) is 0 Å². The summed E-state index contributed by atoms with van der Waals surface area (Å²) in [5, 5.41) is 13.8. The summed E-state index contributed by atoms with van der Waals surface area (Å²) >= 11 is 2.16. The summed E-state index contributed by atoms with van der Waals surface area (Å²) in [7, 11) is 0. The van der Waals surface area contributed by atoms with Crippen LogP contribution in [0.5, 0.6) is 0 Å². The Kier molecular flexibility index (Phi) is 3.60. The Balaban J connectivity index is 2.39. The molecule has 0 saturated heterocycles. The Morgan fingerprint density at radius 1 is 1.33 bits per heavy atom. The maximum absolute atomic E-state index is 10.9. The number of aromatic nitrogens is 1. The summed E-state index contributed by atoms with van der Waals surface area (Å²) in [6.45, 7) is 0. The zero-order chi connectivity index (χ0) is 13.1. The first-order valence-electron chi connectivity index (χ1n) is 5.00. The normalized spacial score (nSPS) is 10.1. The van der Waals surface area contributed by atoms with Gasteiger partial charge >= 0.3 is 5.69 Å². The van der Waals surface area contributed by atoms with Crippen LogP contribution in [0, 0.1) is 13.7 Å². The lowest BCUT2D eigenvalue weighted by Gasteiger charge is -2.07. The van der Waals surface area contributed by atoms with Gasteiger partial charge in [0.15, 0.2) is 0 Å². The van der Waals surface area contributed by atoms with E-state index in [1.54, 1.807) is 6.07 Å². The van der Waals surface area contributed by atoms with Crippen molar-refractivity contribution < 1.29 is 4.92 Å². The molecule has 0 radical (unpaired) electrons. The van der Waals surface area contributed by atoms with Crippen molar-refractivity contribution in [3.05, 3.63) is 50.1 Å². The van der Waals surface area contributed by atoms with Gasteiger partial charge in [0.25, 0.3) is 0 Å². The number of halogens is 1. The number of nitrogens with one attached hydrogen (secondary N) is 1. The number of benzene rings is 1. The highest BCUT2D eigenvalue weighted by Crippen LogP contribution is 2.26. The molecule has 0 unspecified atom stereocenters. The molecule has 92 valence electrons. The number of nitrogens with zero attached hydrogens (tertiary/aromatic N) is 2. The number of hydrogen-bond donors (Lipinski definition) is 2. The van der Waals surface area contributed by atoms with Crippen LogP contribution in [0.2, 0.25) is 0 Å². The molecule has 0 fully saturated rings. The molecule has 18 heavy (non-hydrogen) atoms. The minimum atomic E-state index is -0.497. The van der Waals surface area contributed by atoms with Gasteiger partial charge in [-0.15, -0.1) is 0 Å². The van der Waals surface area contributed by atoms with Gasteiger partial charge in [-0.05, 0) is 46.9 Å². The first-order valence-corrected chi connectivity index (χ1v) is 6.07. The summed E-state index contributed by atoms with van der Waals surface area (Å²) < 4.78 is 1.02. The third-order valence-corrected chi connectivity index (χ3v) is 2.85. The molecule has 6 nitrogen and oxygen atoms in total. The molecule has 1 aromatic carbocycles. The smallest absolute Gasteiger partial charge is 0.311 e. The third kappa shape index (κ3) is 2.86. The minimum absolute atomic E-state index is 0.108. The fourth-order valence-corrected chi connectivity index (χ4v) is 1.95. The molecule has 1 heterocycles. The van der Waals surface area contributed by atoms with E-state index >= 15 is 0 Å². The van der Waals surface area contributed by atoms with E-state index < -0.39 is 4.92 Å². The van der Waals surface area contributed by atoms with E-state index in [0.717, 1.165) is 9.26 Å². The van der Waals surface area contributed by atoms with Gasteiger partial charge in [0.1, 0.15) is 5.82 Å². The second kappa shape index (κ2) is 5.17. The van der Waals surface area contributed by atoms with Gasteiger partial charge in [-0.25, -0.2) is 4.98 Å². The number of pyridine rings is 1. The number of nitro groups is 1. The SMILES string of the molecule is Nc1ccc([N+](=O)[O-])c(Nc2cccc(I)c2)n1. The highest BCUT2D eigenvalue weighted by Gasteiger charge is 2.15. The molecule has 0 aliphatic rings. The first-order chi connectivity index (χ1) is 8.56. The number of anilines is 3. The standard InChI is InChI=1S/C11H9IN4O2/c12-7-2-1-3-8(6-7)14-11-9(16(17)18)4-5-10(13)15-11/h1-6H,(H3,13,14,15). The number of rotatable bonds is 3. The van der Waals surface area contributed by atoms with E-state index in [-0.39, 0.29) is 17.3 Å². The Morgan fingerprint density at radius 2 is 2.11 bits per heavy atom. The number of nitrogens with two attached hydrogens (primary N) is 1. The Bertz CT molecular complexity index is 603.